The number of nitrogens with one attached hydrogen (secondary N) is 1. The lowest BCUT2D eigenvalue weighted by molar-refractivity contribution is -0.235. The van der Waals surface area contributed by atoms with Gasteiger partial charge in [-0.25, -0.2) is 4.79 Å². The lowest BCUT2D eigenvalue weighted by Gasteiger charge is -2.49. The Bertz CT molecular complexity index is 837. The monoisotopic (exact) mass is 583 g/mol. The van der Waals surface area contributed by atoms with Crippen LogP contribution in [0, 0.1) is 11.8 Å². The van der Waals surface area contributed by atoms with Gasteiger partial charge in [0.15, 0.2) is 14.6 Å². The highest BCUT2D eigenvalue weighted by molar-refractivity contribution is 6.74. The van der Waals surface area contributed by atoms with E-state index in [0.29, 0.717) is 12.5 Å². The molecule has 2 N–H and O–H groups in total. The number of hydrogen-bond acceptors (Lipinski definition) is 6. The van der Waals surface area contributed by atoms with E-state index in [1.165, 1.54) is 0 Å². The van der Waals surface area contributed by atoms with Crippen molar-refractivity contribution in [2.75, 3.05) is 13.2 Å². The fourth-order valence-electron chi connectivity index (χ4n) is 3.90. The van der Waals surface area contributed by atoms with E-state index >= 15 is 0 Å². The van der Waals surface area contributed by atoms with Crippen molar-refractivity contribution >= 4 is 49.2 Å². The van der Waals surface area contributed by atoms with Crippen LogP contribution in [0.25, 0.3) is 0 Å². The standard InChI is InChI=1S/C25H40Cl3NO6Si/c1-16(2)24(4,5)36(6,7)35-22-20(29-23(31)33-15-25(26,27)28)17(3)21(30)19(34-22)14-32-13-18-11-9-8-10-12-18/h8-12,16-17,19-22,30H,13-15H2,1-7H3,(H,29,31)/t17-,19?,20?,21+,22+/m1/s1. The van der Waals surface area contributed by atoms with Gasteiger partial charge in [-0.2, -0.15) is 0 Å². The molecule has 1 fully saturated rings. The van der Waals surface area contributed by atoms with Gasteiger partial charge in [-0.1, -0.05) is 99.8 Å². The maximum absolute atomic E-state index is 12.5. The molecule has 0 spiro atoms. The minimum absolute atomic E-state index is 0.102. The molecule has 11 heteroatoms. The normalized spacial score (nSPS) is 25.6. The van der Waals surface area contributed by atoms with Crippen LogP contribution in [0.1, 0.15) is 40.2 Å². The first-order chi connectivity index (χ1) is 16.5. The average molecular weight is 585 g/mol. The predicted molar refractivity (Wildman–Crippen MR) is 146 cm³/mol. The molecular formula is C25H40Cl3NO6Si. The van der Waals surface area contributed by atoms with Crippen molar-refractivity contribution in [3.63, 3.8) is 0 Å². The Hall–Kier alpha value is -0.583. The molecule has 1 aliphatic rings. The molecule has 36 heavy (non-hydrogen) atoms. The summed E-state index contributed by atoms with van der Waals surface area (Å²) >= 11 is 17.1. The first-order valence-electron chi connectivity index (χ1n) is 12.2. The molecule has 1 aromatic rings. The first kappa shape index (κ1) is 31.6. The molecule has 5 atom stereocenters. The van der Waals surface area contributed by atoms with Crippen LogP contribution in [0.3, 0.4) is 0 Å². The summed E-state index contributed by atoms with van der Waals surface area (Å²) < 4.78 is 22.1. The van der Waals surface area contributed by atoms with Crippen LogP contribution in [-0.2, 0) is 25.2 Å². The van der Waals surface area contributed by atoms with E-state index in [0.717, 1.165) is 5.56 Å². The second-order valence-corrected chi connectivity index (χ2v) is 17.8. The summed E-state index contributed by atoms with van der Waals surface area (Å²) in [6.07, 6.45) is -3.17. The van der Waals surface area contributed by atoms with Gasteiger partial charge in [0.25, 0.3) is 0 Å². The molecule has 206 valence electrons. The maximum atomic E-state index is 12.5. The Morgan fingerprint density at radius 1 is 1.19 bits per heavy atom. The third-order valence-electron chi connectivity index (χ3n) is 7.54. The molecule has 1 heterocycles. The number of rotatable bonds is 10. The quantitative estimate of drug-likeness (QED) is 0.257. The average Bonchev–Trinajstić information content (AvgIpc) is 2.78. The highest BCUT2D eigenvalue weighted by atomic mass is 35.6. The van der Waals surface area contributed by atoms with Crippen LogP contribution in [0.2, 0.25) is 18.1 Å². The van der Waals surface area contributed by atoms with Crippen LogP contribution >= 0.6 is 34.8 Å². The summed E-state index contributed by atoms with van der Waals surface area (Å²) in [5.41, 5.74) is 1.02. The van der Waals surface area contributed by atoms with Gasteiger partial charge in [0.1, 0.15) is 12.7 Å². The molecule has 0 aliphatic carbocycles. The molecule has 1 amide bonds. The Morgan fingerprint density at radius 2 is 1.81 bits per heavy atom. The van der Waals surface area contributed by atoms with Gasteiger partial charge in [0, 0.05) is 5.92 Å². The number of carbonyl (C=O) groups is 1. The van der Waals surface area contributed by atoms with Crippen LogP contribution in [0.4, 0.5) is 4.79 Å². The first-order valence-corrected chi connectivity index (χ1v) is 16.2. The molecule has 2 unspecified atom stereocenters. The Kier molecular flexibility index (Phi) is 11.4. The van der Waals surface area contributed by atoms with Gasteiger partial charge < -0.3 is 29.1 Å². The van der Waals surface area contributed by atoms with Crippen molar-refractivity contribution in [1.29, 1.82) is 0 Å². The summed E-state index contributed by atoms with van der Waals surface area (Å²) in [5, 5.41) is 13.7. The molecule has 1 saturated heterocycles. The number of benzene rings is 1. The lowest BCUT2D eigenvalue weighted by Crippen LogP contribution is -2.64. The zero-order valence-electron chi connectivity index (χ0n) is 22.1. The Labute approximate surface area is 231 Å². The Balaban J connectivity index is 2.19. The van der Waals surface area contributed by atoms with Gasteiger partial charge >= 0.3 is 6.09 Å². The van der Waals surface area contributed by atoms with Gasteiger partial charge in [0.05, 0.1) is 25.4 Å². The van der Waals surface area contributed by atoms with Crippen LogP contribution < -0.4 is 5.32 Å². The van der Waals surface area contributed by atoms with Crippen molar-refractivity contribution < 1.29 is 28.5 Å². The number of carbonyl (C=O) groups excluding carboxylic acids is 1. The SMILES string of the molecule is CC(C)C(C)(C)[Si](C)(C)O[C@@H]1OC(COCc2ccccc2)[C@@H](O)[C@H](C)C1NC(=O)OCC(Cl)(Cl)Cl. The number of halogens is 3. The van der Waals surface area contributed by atoms with Gasteiger partial charge in [-0.05, 0) is 29.6 Å². The number of ether oxygens (including phenoxy) is 3. The van der Waals surface area contributed by atoms with Gasteiger partial charge in [-0.3, -0.25) is 0 Å². The lowest BCUT2D eigenvalue weighted by atomic mass is 9.89. The number of alkyl halides is 3. The zero-order chi connectivity index (χ0) is 27.3. The molecule has 1 aromatic carbocycles. The van der Waals surface area contributed by atoms with E-state index in [4.69, 9.17) is 53.4 Å². The minimum Gasteiger partial charge on any atom is -0.445 e. The highest BCUT2D eigenvalue weighted by Crippen LogP contribution is 2.46. The highest BCUT2D eigenvalue weighted by Gasteiger charge is 2.50. The summed E-state index contributed by atoms with van der Waals surface area (Å²) in [5.74, 6) is -0.0715. The van der Waals surface area contributed by atoms with Gasteiger partial charge in [-0.15, -0.1) is 0 Å². The van der Waals surface area contributed by atoms with E-state index in [1.54, 1.807) is 0 Å². The summed E-state index contributed by atoms with van der Waals surface area (Å²) in [6.45, 7) is 14.9. The van der Waals surface area contributed by atoms with Crippen molar-refractivity contribution in [2.45, 2.75) is 87.7 Å². The molecule has 0 aromatic heterocycles. The van der Waals surface area contributed by atoms with E-state index in [2.05, 4.69) is 46.1 Å². The minimum atomic E-state index is -2.39. The third kappa shape index (κ3) is 8.73. The fraction of sp³-hybridized carbons (Fsp3) is 0.720. The number of hydrogen-bond donors (Lipinski definition) is 2. The van der Waals surface area contributed by atoms with Crippen LogP contribution in [0.5, 0.6) is 0 Å². The largest absolute Gasteiger partial charge is 0.445 e. The molecule has 1 aliphatic heterocycles. The summed E-state index contributed by atoms with van der Waals surface area (Å²) in [7, 11) is -2.39. The molecule has 2 rings (SSSR count). The van der Waals surface area contributed by atoms with Crippen molar-refractivity contribution in [3.8, 4) is 0 Å². The number of alkyl carbamates (subject to hydrolysis) is 1. The predicted octanol–water partition coefficient (Wildman–Crippen LogP) is 6.05. The van der Waals surface area contributed by atoms with Crippen LogP contribution in [0.15, 0.2) is 30.3 Å². The summed E-state index contributed by atoms with van der Waals surface area (Å²) in [6, 6.07) is 9.07. The zero-order valence-corrected chi connectivity index (χ0v) is 25.4. The molecular weight excluding hydrogens is 545 g/mol. The topological polar surface area (TPSA) is 86.3 Å². The van der Waals surface area contributed by atoms with E-state index in [1.807, 2.05) is 37.3 Å². The van der Waals surface area contributed by atoms with Crippen molar-refractivity contribution in [3.05, 3.63) is 35.9 Å². The van der Waals surface area contributed by atoms with E-state index in [9.17, 15) is 9.90 Å². The van der Waals surface area contributed by atoms with E-state index < -0.39 is 55.3 Å². The molecule has 0 radical (unpaired) electrons. The van der Waals surface area contributed by atoms with Crippen LogP contribution in [-0.4, -0.2) is 61.1 Å². The van der Waals surface area contributed by atoms with Crippen molar-refractivity contribution in [2.24, 2.45) is 11.8 Å². The second kappa shape index (κ2) is 13.0. The summed E-state index contributed by atoms with van der Waals surface area (Å²) in [4.78, 5) is 12.5. The Morgan fingerprint density at radius 3 is 2.36 bits per heavy atom. The maximum Gasteiger partial charge on any atom is 0.407 e. The van der Waals surface area contributed by atoms with E-state index in [-0.39, 0.29) is 11.6 Å². The van der Waals surface area contributed by atoms with Crippen molar-refractivity contribution in [1.82, 2.24) is 5.32 Å². The molecule has 7 nitrogen and oxygen atoms in total. The number of amides is 1. The van der Waals surface area contributed by atoms with Gasteiger partial charge in [0.2, 0.25) is 3.79 Å². The number of aliphatic hydroxyl groups excluding tert-OH is 1. The molecule has 0 bridgehead atoms. The third-order valence-corrected chi connectivity index (χ3v) is 12.4. The fourth-order valence-corrected chi connectivity index (χ4v) is 6.55. The second-order valence-electron chi connectivity index (χ2n) is 10.8. The smallest absolute Gasteiger partial charge is 0.407 e. The molecule has 0 saturated carbocycles. The number of aliphatic hydroxyl groups is 1.